The number of carbonyl (C=O) groups is 4. The molecule has 0 aromatic carbocycles. The average Bonchev–Trinajstić information content (AvgIpc) is 2.67. The highest BCUT2D eigenvalue weighted by Crippen LogP contribution is 2.69. The van der Waals surface area contributed by atoms with E-state index in [1.165, 1.54) is 19.3 Å². The highest BCUT2D eigenvalue weighted by Gasteiger charge is 2.72. The Bertz CT molecular complexity index is 962. The first kappa shape index (κ1) is 24.0. The summed E-state index contributed by atoms with van der Waals surface area (Å²) >= 11 is 5.91. The average molecular weight is 475 g/mol. The number of hydrogen-bond donors (Lipinski definition) is 3. The summed E-state index contributed by atoms with van der Waals surface area (Å²) in [5, 5.41) is 6.87. The Balaban J connectivity index is 1.78. The maximum absolute atomic E-state index is 13.8. The molecule has 0 spiro atoms. The van der Waals surface area contributed by atoms with Crippen LogP contribution in [0.15, 0.2) is 12.3 Å². The zero-order valence-corrected chi connectivity index (χ0v) is 18.1. The molecule has 0 saturated heterocycles. The van der Waals surface area contributed by atoms with Crippen LogP contribution in [0.4, 0.5) is 19.0 Å². The number of amides is 3. The van der Waals surface area contributed by atoms with Crippen LogP contribution >= 0.6 is 11.6 Å². The highest BCUT2D eigenvalue weighted by atomic mass is 35.5. The number of anilines is 1. The van der Waals surface area contributed by atoms with Crippen LogP contribution in [-0.4, -0.2) is 53.2 Å². The van der Waals surface area contributed by atoms with Crippen molar-refractivity contribution < 1.29 is 32.3 Å². The molecule has 3 aliphatic carbocycles. The second-order valence-electron chi connectivity index (χ2n) is 8.54. The van der Waals surface area contributed by atoms with Gasteiger partial charge in [-0.25, -0.2) is 18.2 Å². The van der Waals surface area contributed by atoms with E-state index in [0.29, 0.717) is 6.92 Å². The second-order valence-corrected chi connectivity index (χ2v) is 8.98. The van der Waals surface area contributed by atoms with Gasteiger partial charge in [0.05, 0.1) is 22.0 Å². The van der Waals surface area contributed by atoms with Gasteiger partial charge in [0.2, 0.25) is 17.6 Å². The summed E-state index contributed by atoms with van der Waals surface area (Å²) in [5.41, 5.74) is -2.38. The van der Waals surface area contributed by atoms with Crippen molar-refractivity contribution in [3.63, 3.8) is 0 Å². The van der Waals surface area contributed by atoms with E-state index >= 15 is 0 Å². The van der Waals surface area contributed by atoms with E-state index in [0.717, 1.165) is 0 Å². The molecule has 3 saturated carbocycles. The lowest BCUT2D eigenvalue weighted by Gasteiger charge is -2.64. The minimum Gasteiger partial charge on any atom is -0.353 e. The largest absolute Gasteiger partial charge is 0.353 e. The molecule has 32 heavy (non-hydrogen) atoms. The Hall–Kier alpha value is -2.69. The number of alkyl halides is 3. The van der Waals surface area contributed by atoms with Crippen molar-refractivity contribution in [1.29, 1.82) is 0 Å². The van der Waals surface area contributed by atoms with Crippen molar-refractivity contribution >= 4 is 40.9 Å². The Morgan fingerprint density at radius 3 is 2.41 bits per heavy atom. The third-order valence-corrected chi connectivity index (χ3v) is 5.93. The first-order valence-corrected chi connectivity index (χ1v) is 10.3. The number of ketones is 1. The molecule has 3 aliphatic rings. The molecular formula is C20H22ClF3N4O4. The number of hydrogen-bond acceptors (Lipinski definition) is 5. The number of pyridine rings is 1. The summed E-state index contributed by atoms with van der Waals surface area (Å²) in [4.78, 5) is 53.3. The van der Waals surface area contributed by atoms with Gasteiger partial charge in [0.1, 0.15) is 11.5 Å². The maximum Gasteiger partial charge on any atom is 0.289 e. The van der Waals surface area contributed by atoms with Gasteiger partial charge >= 0.3 is 0 Å². The van der Waals surface area contributed by atoms with Crippen molar-refractivity contribution in [2.24, 2.45) is 5.41 Å². The van der Waals surface area contributed by atoms with Crippen molar-refractivity contribution in [2.45, 2.75) is 56.7 Å². The monoisotopic (exact) mass is 474 g/mol. The maximum atomic E-state index is 13.8. The first-order valence-electron chi connectivity index (χ1n) is 9.88. The Labute approximate surface area is 186 Å². The molecule has 0 aliphatic heterocycles. The Kier molecular flexibility index (Phi) is 6.25. The molecule has 0 unspecified atom stereocenters. The molecule has 4 rings (SSSR count). The number of halogens is 4. The Morgan fingerprint density at radius 1 is 1.25 bits per heavy atom. The quantitative estimate of drug-likeness (QED) is 0.475. The minimum absolute atomic E-state index is 0.0376. The van der Waals surface area contributed by atoms with Gasteiger partial charge in [-0.3, -0.25) is 19.2 Å². The normalized spacial score (nSPS) is 24.4. The minimum atomic E-state index is -3.13. The van der Waals surface area contributed by atoms with Gasteiger partial charge in [-0.2, -0.15) is 0 Å². The lowest BCUT2D eigenvalue weighted by molar-refractivity contribution is -0.209. The first-order chi connectivity index (χ1) is 14.8. The molecule has 3 fully saturated rings. The van der Waals surface area contributed by atoms with Crippen molar-refractivity contribution in [1.82, 2.24) is 15.6 Å². The number of Topliss-reactive ketones (excluding diaryl/α,β-unsaturated/α-hetero) is 1. The standard InChI is InChI=1S/C20H22ClF3N4O4/c1-18(22,23)4-3-12(13(29)16(31)25-2)27-15(30)11-5-10(21)6-26-14(11)28-17(32)19-7-20(24,8-19)9-19/h5-6,12H,3-4,7-9H2,1-2H3,(H,25,31)(H,27,30)(H,26,28,32)/t12-,19?,20?/m0/s1. The van der Waals surface area contributed by atoms with E-state index in [1.807, 2.05) is 0 Å². The van der Waals surface area contributed by atoms with E-state index in [-0.39, 0.29) is 35.7 Å². The van der Waals surface area contributed by atoms with Gasteiger partial charge < -0.3 is 16.0 Å². The molecule has 0 radical (unpaired) electrons. The fraction of sp³-hybridized carbons (Fsp3) is 0.550. The molecule has 1 atom stereocenters. The predicted octanol–water partition coefficient (Wildman–Crippen LogP) is 2.41. The zero-order chi connectivity index (χ0) is 23.9. The van der Waals surface area contributed by atoms with Gasteiger partial charge in [-0.1, -0.05) is 11.6 Å². The zero-order valence-electron chi connectivity index (χ0n) is 17.4. The van der Waals surface area contributed by atoms with E-state index in [2.05, 4.69) is 20.9 Å². The van der Waals surface area contributed by atoms with Crippen LogP contribution in [-0.2, 0) is 14.4 Å². The van der Waals surface area contributed by atoms with E-state index in [9.17, 15) is 32.3 Å². The number of nitrogens with zero attached hydrogens (tertiary/aromatic N) is 1. The van der Waals surface area contributed by atoms with Crippen molar-refractivity contribution in [2.75, 3.05) is 12.4 Å². The van der Waals surface area contributed by atoms with Gasteiger partial charge in [-0.05, 0) is 38.7 Å². The molecule has 3 N–H and O–H groups in total. The molecular weight excluding hydrogens is 453 g/mol. The van der Waals surface area contributed by atoms with Crippen LogP contribution in [0.25, 0.3) is 0 Å². The van der Waals surface area contributed by atoms with Crippen molar-refractivity contribution in [3.05, 3.63) is 22.8 Å². The molecule has 3 amide bonds. The van der Waals surface area contributed by atoms with E-state index < -0.39 is 59.4 Å². The summed E-state index contributed by atoms with van der Waals surface area (Å²) in [6.45, 7) is 0.650. The van der Waals surface area contributed by atoms with Crippen LogP contribution in [0.2, 0.25) is 5.02 Å². The van der Waals surface area contributed by atoms with Crippen molar-refractivity contribution in [3.8, 4) is 0 Å². The van der Waals surface area contributed by atoms with Crippen LogP contribution in [0.5, 0.6) is 0 Å². The van der Waals surface area contributed by atoms with Gasteiger partial charge in [0, 0.05) is 19.7 Å². The molecule has 1 heterocycles. The lowest BCUT2D eigenvalue weighted by atomic mass is 9.42. The molecule has 174 valence electrons. The summed E-state index contributed by atoms with van der Waals surface area (Å²) < 4.78 is 40.4. The molecule has 12 heteroatoms. The lowest BCUT2D eigenvalue weighted by Crippen LogP contribution is -2.69. The number of nitrogens with one attached hydrogen (secondary N) is 3. The van der Waals surface area contributed by atoms with Crippen LogP contribution < -0.4 is 16.0 Å². The van der Waals surface area contributed by atoms with Crippen LogP contribution in [0.3, 0.4) is 0 Å². The predicted molar refractivity (Wildman–Crippen MR) is 108 cm³/mol. The number of likely N-dealkylation sites (N-methyl/N-ethyl adjacent to an activating group) is 1. The molecule has 1 aromatic heterocycles. The summed E-state index contributed by atoms with van der Waals surface area (Å²) in [7, 11) is 1.19. The number of rotatable bonds is 9. The smallest absolute Gasteiger partial charge is 0.289 e. The topological polar surface area (TPSA) is 117 Å². The number of carbonyl (C=O) groups excluding carboxylic acids is 4. The fourth-order valence-electron chi connectivity index (χ4n) is 4.04. The van der Waals surface area contributed by atoms with E-state index in [1.54, 1.807) is 0 Å². The fourth-order valence-corrected chi connectivity index (χ4v) is 4.20. The van der Waals surface area contributed by atoms with Gasteiger partial charge in [0.25, 0.3) is 11.8 Å². The Morgan fingerprint density at radius 2 is 1.88 bits per heavy atom. The third kappa shape index (κ3) is 4.87. The summed E-state index contributed by atoms with van der Waals surface area (Å²) in [6.07, 6.45) is 0.195. The van der Waals surface area contributed by atoms with Crippen LogP contribution in [0, 0.1) is 5.41 Å². The van der Waals surface area contributed by atoms with Gasteiger partial charge in [0.15, 0.2) is 0 Å². The molecule has 2 bridgehead atoms. The summed E-state index contributed by atoms with van der Waals surface area (Å²) in [6, 6.07) is -0.367. The van der Waals surface area contributed by atoms with E-state index in [4.69, 9.17) is 11.6 Å². The molecule has 8 nitrogen and oxygen atoms in total. The second kappa shape index (κ2) is 8.34. The van der Waals surface area contributed by atoms with Gasteiger partial charge in [-0.15, -0.1) is 0 Å². The third-order valence-electron chi connectivity index (χ3n) is 5.72. The highest BCUT2D eigenvalue weighted by molar-refractivity contribution is 6.38. The number of aromatic nitrogens is 1. The van der Waals surface area contributed by atoms with Crippen LogP contribution in [0.1, 0.15) is 49.4 Å². The molecule has 1 aromatic rings. The SMILES string of the molecule is CNC(=O)C(=O)[C@H](CCC(C)(F)F)NC(=O)c1cc(Cl)cnc1NC(=O)C12CC(F)(C1)C2. The summed E-state index contributed by atoms with van der Waals surface area (Å²) in [5.74, 6) is -6.91.